The fourth-order valence-corrected chi connectivity index (χ4v) is 7.20. The van der Waals surface area contributed by atoms with Crippen molar-refractivity contribution in [3.8, 4) is 39.9 Å². The van der Waals surface area contributed by atoms with E-state index in [1.165, 1.54) is 38.4 Å². The van der Waals surface area contributed by atoms with Crippen LogP contribution in [0.2, 0.25) is 0 Å². The van der Waals surface area contributed by atoms with Crippen LogP contribution in [0, 0.1) is 0 Å². The number of hydrogen-bond donors (Lipinski definition) is 0. The highest BCUT2D eigenvalue weighted by atomic mass is 15.2. The van der Waals surface area contributed by atoms with Crippen molar-refractivity contribution in [3.63, 3.8) is 0 Å². The summed E-state index contributed by atoms with van der Waals surface area (Å²) in [5.74, 6) is 1.90. The Labute approximate surface area is 254 Å². The second kappa shape index (κ2) is 9.16. The maximum atomic E-state index is 5.17. The van der Waals surface area contributed by atoms with E-state index in [4.69, 9.17) is 19.9 Å². The van der Waals surface area contributed by atoms with Gasteiger partial charge in [0.05, 0.1) is 16.6 Å². The molecule has 0 bridgehead atoms. The second-order valence-electron chi connectivity index (χ2n) is 11.9. The molecule has 3 heterocycles. The van der Waals surface area contributed by atoms with Gasteiger partial charge in [-0.15, -0.1) is 0 Å². The van der Waals surface area contributed by atoms with Gasteiger partial charge in [0.2, 0.25) is 5.95 Å². The Morgan fingerprint density at radius 3 is 1.86 bits per heavy atom. The van der Waals surface area contributed by atoms with Gasteiger partial charge in [0.15, 0.2) is 11.6 Å². The summed E-state index contributed by atoms with van der Waals surface area (Å²) in [6.07, 6.45) is 1.87. The Kier molecular flexibility index (Phi) is 5.18. The van der Waals surface area contributed by atoms with Crippen LogP contribution in [0.1, 0.15) is 25.0 Å². The summed E-state index contributed by atoms with van der Waals surface area (Å²) in [6.45, 7) is 4.67. The van der Waals surface area contributed by atoms with Crippen LogP contribution in [0.5, 0.6) is 0 Å². The molecule has 3 aromatic heterocycles. The first-order valence-electron chi connectivity index (χ1n) is 14.9. The van der Waals surface area contributed by atoms with Crippen LogP contribution in [0.25, 0.3) is 72.6 Å². The number of hydrogen-bond acceptors (Lipinski definition) is 4. The molecule has 44 heavy (non-hydrogen) atoms. The summed E-state index contributed by atoms with van der Waals surface area (Å²) in [5.41, 5.74) is 9.91. The molecule has 1 aliphatic rings. The molecule has 0 N–H and O–H groups in total. The molecule has 0 radical (unpaired) electrons. The molecule has 0 atom stereocenters. The molecule has 0 aliphatic heterocycles. The van der Waals surface area contributed by atoms with Crippen molar-refractivity contribution in [3.05, 3.63) is 139 Å². The van der Waals surface area contributed by atoms with Crippen LogP contribution in [-0.4, -0.2) is 24.5 Å². The van der Waals surface area contributed by atoms with Crippen molar-refractivity contribution in [1.82, 2.24) is 24.5 Å². The molecule has 0 unspecified atom stereocenters. The van der Waals surface area contributed by atoms with E-state index in [0.717, 1.165) is 27.7 Å². The average molecular weight is 566 g/mol. The highest BCUT2D eigenvalue weighted by Gasteiger charge is 2.40. The third-order valence-corrected chi connectivity index (χ3v) is 9.05. The van der Waals surface area contributed by atoms with Crippen molar-refractivity contribution < 1.29 is 0 Å². The molecular weight excluding hydrogens is 538 g/mol. The zero-order chi connectivity index (χ0) is 29.4. The number of pyridine rings is 1. The summed E-state index contributed by atoms with van der Waals surface area (Å²) in [5, 5.41) is 3.55. The average Bonchev–Trinajstić information content (AvgIpc) is 3.54. The zero-order valence-corrected chi connectivity index (χ0v) is 24.4. The van der Waals surface area contributed by atoms with Gasteiger partial charge >= 0.3 is 0 Å². The third-order valence-electron chi connectivity index (χ3n) is 9.05. The van der Waals surface area contributed by atoms with E-state index in [0.29, 0.717) is 17.6 Å². The topological polar surface area (TPSA) is 56.5 Å². The van der Waals surface area contributed by atoms with E-state index in [9.17, 15) is 0 Å². The summed E-state index contributed by atoms with van der Waals surface area (Å²) in [6, 6.07) is 42.1. The first-order chi connectivity index (χ1) is 21.6. The van der Waals surface area contributed by atoms with Gasteiger partial charge in [-0.2, -0.15) is 9.97 Å². The summed E-state index contributed by atoms with van der Waals surface area (Å²) >= 11 is 0. The van der Waals surface area contributed by atoms with Crippen molar-refractivity contribution in [1.29, 1.82) is 0 Å². The third kappa shape index (κ3) is 3.47. The largest absolute Gasteiger partial charge is 0.277 e. The van der Waals surface area contributed by atoms with Crippen LogP contribution in [0.3, 0.4) is 0 Å². The number of benzene rings is 5. The second-order valence-corrected chi connectivity index (χ2v) is 11.9. The maximum Gasteiger partial charge on any atom is 0.238 e. The van der Waals surface area contributed by atoms with Gasteiger partial charge in [0.1, 0.15) is 0 Å². The molecule has 1 aliphatic carbocycles. The van der Waals surface area contributed by atoms with Gasteiger partial charge in [-0.25, -0.2) is 4.98 Å². The molecular formula is C39H27N5. The predicted molar refractivity (Wildman–Crippen MR) is 178 cm³/mol. The Morgan fingerprint density at radius 2 is 1.14 bits per heavy atom. The van der Waals surface area contributed by atoms with Gasteiger partial charge in [-0.3, -0.25) is 9.55 Å². The normalized spacial score (nSPS) is 13.4. The number of fused-ring (bicyclic) bond motifs is 9. The smallest absolute Gasteiger partial charge is 0.238 e. The minimum atomic E-state index is -0.295. The molecule has 5 nitrogen and oxygen atoms in total. The van der Waals surface area contributed by atoms with E-state index in [2.05, 4.69) is 97.3 Å². The van der Waals surface area contributed by atoms with Crippen molar-refractivity contribution in [2.45, 2.75) is 19.3 Å². The quantitative estimate of drug-likeness (QED) is 0.214. The molecule has 8 aromatic rings. The van der Waals surface area contributed by atoms with Crippen LogP contribution in [0.15, 0.2) is 128 Å². The van der Waals surface area contributed by atoms with Crippen molar-refractivity contribution in [2.24, 2.45) is 0 Å². The molecule has 9 rings (SSSR count). The lowest BCUT2D eigenvalue weighted by molar-refractivity contribution is 0.669. The lowest BCUT2D eigenvalue weighted by Gasteiger charge is -2.24. The Morgan fingerprint density at radius 1 is 0.523 bits per heavy atom. The van der Waals surface area contributed by atoms with Gasteiger partial charge in [-0.05, 0) is 40.5 Å². The lowest BCUT2D eigenvalue weighted by atomic mass is 9.80. The molecule has 0 spiro atoms. The highest BCUT2D eigenvalue weighted by molar-refractivity contribution is 6.13. The molecule has 5 aromatic carbocycles. The molecule has 0 saturated carbocycles. The monoisotopic (exact) mass is 565 g/mol. The number of aromatic nitrogens is 5. The molecule has 208 valence electrons. The van der Waals surface area contributed by atoms with Crippen LogP contribution in [0.4, 0.5) is 0 Å². The first kappa shape index (κ1) is 24.9. The Balaban J connectivity index is 1.41. The Hall–Kier alpha value is -5.68. The van der Waals surface area contributed by atoms with Crippen molar-refractivity contribution >= 4 is 32.7 Å². The van der Waals surface area contributed by atoms with Crippen LogP contribution < -0.4 is 0 Å². The number of para-hydroxylation sites is 1. The zero-order valence-electron chi connectivity index (χ0n) is 24.4. The van der Waals surface area contributed by atoms with E-state index >= 15 is 0 Å². The first-order valence-corrected chi connectivity index (χ1v) is 14.9. The van der Waals surface area contributed by atoms with Crippen molar-refractivity contribution in [2.75, 3.05) is 0 Å². The van der Waals surface area contributed by atoms with E-state index < -0.39 is 0 Å². The van der Waals surface area contributed by atoms with E-state index in [1.807, 2.05) is 48.7 Å². The van der Waals surface area contributed by atoms with Gasteiger partial charge in [0, 0.05) is 38.9 Å². The maximum absolute atomic E-state index is 5.17. The highest BCUT2D eigenvalue weighted by Crippen LogP contribution is 2.54. The minimum Gasteiger partial charge on any atom is -0.277 e. The minimum absolute atomic E-state index is 0.295. The Bertz CT molecular complexity index is 2350. The SMILES string of the molecule is CC1(C)c2c(ccc3ncccc23)-c2ccc3c4ccccc4n(-c4nc(-c5ccccc5)nc(-c5ccccc5)n4)c3c21. The molecule has 0 amide bonds. The van der Waals surface area contributed by atoms with E-state index in [1.54, 1.807) is 0 Å². The van der Waals surface area contributed by atoms with Crippen LogP contribution in [-0.2, 0) is 5.41 Å². The summed E-state index contributed by atoms with van der Waals surface area (Å²) < 4.78 is 2.26. The summed E-state index contributed by atoms with van der Waals surface area (Å²) in [7, 11) is 0. The summed E-state index contributed by atoms with van der Waals surface area (Å²) in [4.78, 5) is 20.0. The lowest BCUT2D eigenvalue weighted by Crippen LogP contribution is -2.17. The fourth-order valence-electron chi connectivity index (χ4n) is 7.20. The number of rotatable bonds is 3. The standard InChI is InChI=1S/C39H27N5/c1-39(2)33-27(21-22-31-30(33)17-11-23-40-31)28-19-20-29-26-16-9-10-18-32(26)44(35(29)34(28)39)38-42-36(24-12-5-3-6-13-24)41-37(43-38)25-14-7-4-8-15-25/h3-23H,1-2H3. The van der Waals surface area contributed by atoms with Gasteiger partial charge < -0.3 is 0 Å². The fraction of sp³-hybridized carbons (Fsp3) is 0.0769. The van der Waals surface area contributed by atoms with Gasteiger partial charge in [0.25, 0.3) is 0 Å². The molecule has 5 heteroatoms. The van der Waals surface area contributed by atoms with Crippen LogP contribution >= 0.6 is 0 Å². The number of nitrogens with zero attached hydrogens (tertiary/aromatic N) is 5. The predicted octanol–water partition coefficient (Wildman–Crippen LogP) is 9.16. The van der Waals surface area contributed by atoms with Gasteiger partial charge in [-0.1, -0.05) is 117 Å². The van der Waals surface area contributed by atoms with E-state index in [-0.39, 0.29) is 5.41 Å². The molecule has 0 fully saturated rings. The molecule has 0 saturated heterocycles.